The number of nitrogens with one attached hydrogen (secondary N) is 2. The van der Waals surface area contributed by atoms with Crippen LogP contribution in [0.1, 0.15) is 26.3 Å². The van der Waals surface area contributed by atoms with E-state index >= 15 is 0 Å². The monoisotopic (exact) mass is 355 g/mol. The minimum Gasteiger partial charge on any atom is -0.444 e. The molecule has 0 saturated heterocycles. The number of amides is 2. The summed E-state index contributed by atoms with van der Waals surface area (Å²) in [4.78, 5) is 24.8. The van der Waals surface area contributed by atoms with Crippen LogP contribution in [0.2, 0.25) is 0 Å². The SMILES string of the molecule is CC(C)(C)OC(=O)N[C@@H](Cc1ccccc1)C(=O)Nc1ccc(N)cc1. The predicted molar refractivity (Wildman–Crippen MR) is 103 cm³/mol. The normalized spacial score (nSPS) is 12.1. The molecule has 2 rings (SSSR count). The minimum atomic E-state index is -0.773. The zero-order valence-electron chi connectivity index (χ0n) is 15.3. The number of nitrogens with two attached hydrogens (primary N) is 1. The molecule has 138 valence electrons. The second-order valence-corrected chi connectivity index (χ2v) is 7.00. The summed E-state index contributed by atoms with van der Waals surface area (Å²) in [5.74, 6) is -0.329. The lowest BCUT2D eigenvalue weighted by Gasteiger charge is -2.23. The van der Waals surface area contributed by atoms with E-state index in [1.165, 1.54) is 0 Å². The summed E-state index contributed by atoms with van der Waals surface area (Å²) in [6, 6.07) is 15.5. The van der Waals surface area contributed by atoms with Crippen LogP contribution in [-0.2, 0) is 16.0 Å². The van der Waals surface area contributed by atoms with E-state index in [1.54, 1.807) is 45.0 Å². The number of anilines is 2. The molecule has 0 spiro atoms. The second kappa shape index (κ2) is 8.38. The van der Waals surface area contributed by atoms with Gasteiger partial charge in [-0.05, 0) is 50.6 Å². The van der Waals surface area contributed by atoms with Crippen molar-refractivity contribution in [1.82, 2.24) is 5.32 Å². The molecule has 0 fully saturated rings. The van der Waals surface area contributed by atoms with Crippen molar-refractivity contribution in [2.24, 2.45) is 0 Å². The smallest absolute Gasteiger partial charge is 0.408 e. The lowest BCUT2D eigenvalue weighted by molar-refractivity contribution is -0.118. The largest absolute Gasteiger partial charge is 0.444 e. The maximum Gasteiger partial charge on any atom is 0.408 e. The van der Waals surface area contributed by atoms with Crippen LogP contribution in [0.5, 0.6) is 0 Å². The van der Waals surface area contributed by atoms with Gasteiger partial charge in [-0.15, -0.1) is 0 Å². The number of benzene rings is 2. The van der Waals surface area contributed by atoms with E-state index in [4.69, 9.17) is 10.5 Å². The quantitative estimate of drug-likeness (QED) is 0.717. The zero-order chi connectivity index (χ0) is 19.2. The Balaban J connectivity index is 2.11. The third kappa shape index (κ3) is 6.47. The van der Waals surface area contributed by atoms with Crippen LogP contribution in [0.15, 0.2) is 54.6 Å². The molecule has 2 amide bonds. The van der Waals surface area contributed by atoms with Crippen LogP contribution in [0.3, 0.4) is 0 Å². The fourth-order valence-electron chi connectivity index (χ4n) is 2.30. The molecule has 6 nitrogen and oxygen atoms in total. The molecule has 0 bridgehead atoms. The van der Waals surface area contributed by atoms with E-state index in [2.05, 4.69) is 10.6 Å². The standard InChI is InChI=1S/C20H25N3O3/c1-20(2,3)26-19(25)23-17(13-14-7-5-4-6-8-14)18(24)22-16-11-9-15(21)10-12-16/h4-12,17H,13,21H2,1-3H3,(H,22,24)(H,23,25)/t17-/m0/s1. The summed E-state index contributed by atoms with van der Waals surface area (Å²) >= 11 is 0. The molecule has 0 radical (unpaired) electrons. The summed E-state index contributed by atoms with van der Waals surface area (Å²) in [6.07, 6.45) is -0.285. The van der Waals surface area contributed by atoms with E-state index in [1.807, 2.05) is 30.3 Å². The molecule has 0 aliphatic rings. The van der Waals surface area contributed by atoms with Gasteiger partial charge in [-0.2, -0.15) is 0 Å². The van der Waals surface area contributed by atoms with Crippen LogP contribution in [0, 0.1) is 0 Å². The minimum absolute atomic E-state index is 0.329. The molecule has 0 saturated carbocycles. The molecule has 1 atom stereocenters. The van der Waals surface area contributed by atoms with Gasteiger partial charge in [0.1, 0.15) is 11.6 Å². The first-order chi connectivity index (χ1) is 12.2. The molecular weight excluding hydrogens is 330 g/mol. The molecule has 0 aromatic heterocycles. The van der Waals surface area contributed by atoms with E-state index in [-0.39, 0.29) is 5.91 Å². The van der Waals surface area contributed by atoms with Gasteiger partial charge in [0.25, 0.3) is 0 Å². The van der Waals surface area contributed by atoms with Crippen molar-refractivity contribution >= 4 is 23.4 Å². The van der Waals surface area contributed by atoms with Crippen LogP contribution >= 0.6 is 0 Å². The van der Waals surface area contributed by atoms with Gasteiger partial charge in [0, 0.05) is 17.8 Å². The Morgan fingerprint density at radius 2 is 1.65 bits per heavy atom. The van der Waals surface area contributed by atoms with Crippen molar-refractivity contribution in [2.75, 3.05) is 11.1 Å². The summed E-state index contributed by atoms with van der Waals surface area (Å²) in [5, 5.41) is 5.45. The highest BCUT2D eigenvalue weighted by molar-refractivity contribution is 5.96. The first-order valence-electron chi connectivity index (χ1n) is 8.43. The molecule has 4 N–H and O–H groups in total. The Labute approximate surface area is 153 Å². The molecule has 6 heteroatoms. The van der Waals surface area contributed by atoms with Crippen LogP contribution in [-0.4, -0.2) is 23.6 Å². The summed E-state index contributed by atoms with van der Waals surface area (Å²) < 4.78 is 5.28. The first-order valence-corrected chi connectivity index (χ1v) is 8.43. The van der Waals surface area contributed by atoms with Crippen molar-refractivity contribution in [3.05, 3.63) is 60.2 Å². The Morgan fingerprint density at radius 1 is 1.04 bits per heavy atom. The molecule has 0 aliphatic heterocycles. The highest BCUT2D eigenvalue weighted by Crippen LogP contribution is 2.13. The van der Waals surface area contributed by atoms with Crippen molar-refractivity contribution in [3.8, 4) is 0 Å². The lowest BCUT2D eigenvalue weighted by atomic mass is 10.1. The highest BCUT2D eigenvalue weighted by atomic mass is 16.6. The molecule has 26 heavy (non-hydrogen) atoms. The zero-order valence-corrected chi connectivity index (χ0v) is 15.3. The molecule has 0 unspecified atom stereocenters. The molecule has 0 heterocycles. The molecule has 2 aromatic rings. The fraction of sp³-hybridized carbons (Fsp3) is 0.300. The second-order valence-electron chi connectivity index (χ2n) is 7.00. The lowest BCUT2D eigenvalue weighted by Crippen LogP contribution is -2.47. The number of hydrogen-bond acceptors (Lipinski definition) is 4. The van der Waals surface area contributed by atoms with Crippen molar-refractivity contribution in [3.63, 3.8) is 0 Å². The number of hydrogen-bond donors (Lipinski definition) is 3. The van der Waals surface area contributed by atoms with Gasteiger partial charge in [0.2, 0.25) is 5.91 Å². The van der Waals surface area contributed by atoms with Crippen LogP contribution < -0.4 is 16.4 Å². The van der Waals surface area contributed by atoms with Crippen molar-refractivity contribution in [1.29, 1.82) is 0 Å². The molecule has 0 aliphatic carbocycles. The average Bonchev–Trinajstić information content (AvgIpc) is 2.55. The Hall–Kier alpha value is -3.02. The Morgan fingerprint density at radius 3 is 2.23 bits per heavy atom. The molecular formula is C20H25N3O3. The molecule has 2 aromatic carbocycles. The summed E-state index contributed by atoms with van der Waals surface area (Å²) in [7, 11) is 0. The average molecular weight is 355 g/mol. The topological polar surface area (TPSA) is 93.4 Å². The van der Waals surface area contributed by atoms with Crippen LogP contribution in [0.25, 0.3) is 0 Å². The number of rotatable bonds is 5. The number of carbonyl (C=O) groups excluding carboxylic acids is 2. The van der Waals surface area contributed by atoms with Gasteiger partial charge in [0.05, 0.1) is 0 Å². The van der Waals surface area contributed by atoms with Crippen molar-refractivity contribution in [2.45, 2.75) is 38.8 Å². The van der Waals surface area contributed by atoms with Gasteiger partial charge in [-0.1, -0.05) is 30.3 Å². The first kappa shape index (κ1) is 19.3. The third-order valence-electron chi connectivity index (χ3n) is 3.47. The maximum atomic E-state index is 12.7. The summed E-state index contributed by atoms with van der Waals surface area (Å²) in [5.41, 5.74) is 7.16. The maximum absolute atomic E-state index is 12.7. The number of nitrogen functional groups attached to an aromatic ring is 1. The predicted octanol–water partition coefficient (Wildman–Crippen LogP) is 3.34. The van der Waals surface area contributed by atoms with E-state index in [9.17, 15) is 9.59 Å². The van der Waals surface area contributed by atoms with E-state index in [0.717, 1.165) is 5.56 Å². The van der Waals surface area contributed by atoms with Crippen LogP contribution in [0.4, 0.5) is 16.2 Å². The van der Waals surface area contributed by atoms with Gasteiger partial charge >= 0.3 is 6.09 Å². The highest BCUT2D eigenvalue weighted by Gasteiger charge is 2.24. The number of ether oxygens (including phenoxy) is 1. The van der Waals surface area contributed by atoms with Gasteiger partial charge < -0.3 is 21.1 Å². The van der Waals surface area contributed by atoms with Crippen molar-refractivity contribution < 1.29 is 14.3 Å². The van der Waals surface area contributed by atoms with E-state index in [0.29, 0.717) is 17.8 Å². The summed E-state index contributed by atoms with van der Waals surface area (Å²) in [6.45, 7) is 5.31. The third-order valence-corrected chi connectivity index (χ3v) is 3.47. The fourth-order valence-corrected chi connectivity index (χ4v) is 2.30. The van der Waals surface area contributed by atoms with Gasteiger partial charge in [0.15, 0.2) is 0 Å². The Bertz CT molecular complexity index is 737. The number of alkyl carbamates (subject to hydrolysis) is 1. The van der Waals surface area contributed by atoms with Gasteiger partial charge in [-0.3, -0.25) is 4.79 Å². The van der Waals surface area contributed by atoms with E-state index < -0.39 is 17.7 Å². The number of carbonyl (C=O) groups is 2. The Kier molecular flexibility index (Phi) is 6.22. The van der Waals surface area contributed by atoms with Gasteiger partial charge in [-0.25, -0.2) is 4.79 Å².